The standard InChI is InChI=1S/C18H21NO6.C2HF3O2/c1-10(20)25-13-2-3-18(22)17(16(13)21)4-5-19(18)8-11-6-14-15(7-12(11)17)24-9-23-14;3-2(4,5)1(6)7/h6-7,13,16,21-22H,2-5,8-9H2,1H3;(H,6,7)/t13-,16-,17+,18-;/m0./s1. The molecule has 0 amide bonds. The number of alkyl halides is 3. The molecule has 1 saturated carbocycles. The van der Waals surface area contributed by atoms with E-state index in [9.17, 15) is 28.2 Å². The Labute approximate surface area is 180 Å². The zero-order chi connectivity index (χ0) is 23.5. The number of hydrogen-bond acceptors (Lipinski definition) is 8. The average molecular weight is 461 g/mol. The second kappa shape index (κ2) is 7.49. The smallest absolute Gasteiger partial charge is 0.475 e. The van der Waals surface area contributed by atoms with E-state index in [1.54, 1.807) is 0 Å². The molecule has 3 heterocycles. The monoisotopic (exact) mass is 461 g/mol. The lowest BCUT2D eigenvalue weighted by Gasteiger charge is -2.56. The highest BCUT2D eigenvalue weighted by Gasteiger charge is 2.69. The fourth-order valence-electron chi connectivity index (χ4n) is 5.36. The second-order valence-corrected chi connectivity index (χ2v) is 8.26. The van der Waals surface area contributed by atoms with Crippen LogP contribution in [0.4, 0.5) is 13.2 Å². The number of aliphatic carboxylic acids is 1. The highest BCUT2D eigenvalue weighted by Crippen LogP contribution is 2.60. The van der Waals surface area contributed by atoms with Crippen molar-refractivity contribution in [3.05, 3.63) is 23.3 Å². The predicted molar refractivity (Wildman–Crippen MR) is 98.7 cm³/mol. The van der Waals surface area contributed by atoms with Gasteiger partial charge >= 0.3 is 18.1 Å². The van der Waals surface area contributed by atoms with Gasteiger partial charge in [0, 0.05) is 20.0 Å². The van der Waals surface area contributed by atoms with E-state index >= 15 is 0 Å². The molecule has 0 radical (unpaired) electrons. The lowest BCUT2D eigenvalue weighted by Crippen LogP contribution is -2.69. The molecule has 1 aliphatic carbocycles. The number of ether oxygens (including phenoxy) is 3. The molecule has 0 aromatic heterocycles. The molecule has 1 unspecified atom stereocenters. The molecule has 5 rings (SSSR count). The molecule has 0 spiro atoms. The molecule has 32 heavy (non-hydrogen) atoms. The minimum Gasteiger partial charge on any atom is -0.475 e. The van der Waals surface area contributed by atoms with Gasteiger partial charge in [-0.1, -0.05) is 0 Å². The first-order chi connectivity index (χ1) is 14.9. The van der Waals surface area contributed by atoms with Gasteiger partial charge in [0.15, 0.2) is 11.5 Å². The van der Waals surface area contributed by atoms with Crippen molar-refractivity contribution in [2.75, 3.05) is 13.3 Å². The number of hydrogen-bond donors (Lipinski definition) is 3. The van der Waals surface area contributed by atoms with Crippen molar-refractivity contribution in [3.8, 4) is 11.5 Å². The van der Waals surface area contributed by atoms with Gasteiger partial charge in [-0.3, -0.25) is 9.69 Å². The summed E-state index contributed by atoms with van der Waals surface area (Å²) in [6.45, 7) is 2.81. The molecule has 12 heteroatoms. The van der Waals surface area contributed by atoms with Gasteiger partial charge in [0.1, 0.15) is 17.9 Å². The van der Waals surface area contributed by atoms with Crippen molar-refractivity contribution in [1.29, 1.82) is 0 Å². The van der Waals surface area contributed by atoms with Gasteiger partial charge in [0.2, 0.25) is 6.79 Å². The fourth-order valence-corrected chi connectivity index (χ4v) is 5.36. The zero-order valence-electron chi connectivity index (χ0n) is 17.0. The Morgan fingerprint density at radius 1 is 1.22 bits per heavy atom. The third kappa shape index (κ3) is 3.28. The van der Waals surface area contributed by atoms with Crippen molar-refractivity contribution >= 4 is 11.9 Å². The minimum absolute atomic E-state index is 0.178. The van der Waals surface area contributed by atoms with Crippen molar-refractivity contribution in [1.82, 2.24) is 4.90 Å². The molecular formula is C20H22F3NO8. The van der Waals surface area contributed by atoms with E-state index in [1.807, 2.05) is 17.0 Å². The minimum atomic E-state index is -5.08. The number of esters is 1. The number of benzene rings is 1. The molecule has 3 N–H and O–H groups in total. The van der Waals surface area contributed by atoms with Crippen LogP contribution < -0.4 is 9.47 Å². The first kappa shape index (κ1) is 22.6. The Bertz CT molecular complexity index is 954. The van der Waals surface area contributed by atoms with Gasteiger partial charge in [-0.05, 0) is 42.5 Å². The zero-order valence-corrected chi connectivity index (χ0v) is 17.0. The van der Waals surface area contributed by atoms with E-state index in [2.05, 4.69) is 0 Å². The molecule has 2 fully saturated rings. The molecule has 1 aromatic rings. The number of fused-ring (bicyclic) bond motifs is 2. The molecule has 5 atom stereocenters. The van der Waals surface area contributed by atoms with Gasteiger partial charge in [0.05, 0.1) is 5.41 Å². The van der Waals surface area contributed by atoms with Crippen molar-refractivity contribution < 1.29 is 52.3 Å². The van der Waals surface area contributed by atoms with Crippen LogP contribution in [0.25, 0.3) is 0 Å². The Kier molecular flexibility index (Phi) is 5.30. The van der Waals surface area contributed by atoms with Gasteiger partial charge in [-0.2, -0.15) is 13.2 Å². The summed E-state index contributed by atoms with van der Waals surface area (Å²) in [6, 6.07) is 3.84. The van der Waals surface area contributed by atoms with E-state index in [1.165, 1.54) is 6.92 Å². The van der Waals surface area contributed by atoms with Crippen LogP contribution in [-0.2, 0) is 26.3 Å². The maximum Gasteiger partial charge on any atom is 0.490 e. The van der Waals surface area contributed by atoms with E-state index < -0.39 is 41.5 Å². The highest BCUT2D eigenvalue weighted by molar-refractivity contribution is 5.73. The summed E-state index contributed by atoms with van der Waals surface area (Å²) in [7, 11) is 0. The Hall–Kier alpha value is -2.57. The SMILES string of the molecule is CC(=O)O[C@H]1CC[C@@]2(O)N3CC[C@@]2(c2cc4c(cc2C3)OCO4)[C@H]1O.O=C(O)C(F)(F)F. The molecule has 1 aromatic carbocycles. The third-order valence-corrected chi connectivity index (χ3v) is 6.65. The summed E-state index contributed by atoms with van der Waals surface area (Å²) >= 11 is 0. The fraction of sp³-hybridized carbons (Fsp3) is 0.600. The maximum atomic E-state index is 11.6. The van der Waals surface area contributed by atoms with Crippen molar-refractivity contribution in [3.63, 3.8) is 0 Å². The van der Waals surface area contributed by atoms with Crippen molar-refractivity contribution in [2.24, 2.45) is 0 Å². The first-order valence-corrected chi connectivity index (χ1v) is 9.96. The largest absolute Gasteiger partial charge is 0.490 e. The van der Waals surface area contributed by atoms with Crippen LogP contribution in [0, 0.1) is 0 Å². The first-order valence-electron chi connectivity index (χ1n) is 9.96. The number of nitrogens with zero attached hydrogens (tertiary/aromatic N) is 1. The van der Waals surface area contributed by atoms with E-state index in [4.69, 9.17) is 24.1 Å². The highest BCUT2D eigenvalue weighted by atomic mass is 19.4. The van der Waals surface area contributed by atoms with Crippen LogP contribution in [0.15, 0.2) is 12.1 Å². The van der Waals surface area contributed by atoms with E-state index in [0.717, 1.165) is 11.1 Å². The Morgan fingerprint density at radius 2 is 1.84 bits per heavy atom. The molecule has 176 valence electrons. The predicted octanol–water partition coefficient (Wildman–Crippen LogP) is 1.28. The van der Waals surface area contributed by atoms with Crippen LogP contribution in [0.2, 0.25) is 0 Å². The molecule has 1 saturated heterocycles. The van der Waals surface area contributed by atoms with Crippen LogP contribution in [-0.4, -0.2) is 69.6 Å². The number of carbonyl (C=O) groups excluding carboxylic acids is 1. The Balaban J connectivity index is 0.000000307. The summed E-state index contributed by atoms with van der Waals surface area (Å²) < 4.78 is 48.1. The van der Waals surface area contributed by atoms with E-state index in [0.29, 0.717) is 43.9 Å². The van der Waals surface area contributed by atoms with Gasteiger partial charge in [-0.15, -0.1) is 0 Å². The third-order valence-electron chi connectivity index (χ3n) is 6.65. The second-order valence-electron chi connectivity index (χ2n) is 8.26. The topological polar surface area (TPSA) is 126 Å². The molecule has 2 bridgehead atoms. The lowest BCUT2D eigenvalue weighted by molar-refractivity contribution is -0.221. The summed E-state index contributed by atoms with van der Waals surface area (Å²) in [4.78, 5) is 22.4. The van der Waals surface area contributed by atoms with Crippen LogP contribution in [0.5, 0.6) is 11.5 Å². The maximum absolute atomic E-state index is 11.6. The number of halogens is 3. The number of carboxylic acid groups (broad SMARTS) is 1. The summed E-state index contributed by atoms with van der Waals surface area (Å²) in [5.41, 5.74) is -0.116. The van der Waals surface area contributed by atoms with Crippen LogP contribution >= 0.6 is 0 Å². The van der Waals surface area contributed by atoms with Gasteiger partial charge in [-0.25, -0.2) is 4.79 Å². The van der Waals surface area contributed by atoms with Crippen molar-refractivity contribution in [2.45, 2.75) is 62.3 Å². The Morgan fingerprint density at radius 3 is 2.44 bits per heavy atom. The average Bonchev–Trinajstić information content (AvgIpc) is 3.21. The van der Waals surface area contributed by atoms with Gasteiger partial charge < -0.3 is 29.5 Å². The van der Waals surface area contributed by atoms with Crippen LogP contribution in [0.1, 0.15) is 37.3 Å². The van der Waals surface area contributed by atoms with Gasteiger partial charge in [0.25, 0.3) is 0 Å². The number of rotatable bonds is 1. The normalized spacial score (nSPS) is 34.0. The molecule has 9 nitrogen and oxygen atoms in total. The summed E-state index contributed by atoms with van der Waals surface area (Å²) in [6.07, 6.45) is -5.17. The summed E-state index contributed by atoms with van der Waals surface area (Å²) in [5.74, 6) is -1.84. The number of carboxylic acids is 1. The molecule has 4 aliphatic rings. The summed E-state index contributed by atoms with van der Waals surface area (Å²) in [5, 5.41) is 29.9. The number of aliphatic hydroxyl groups is 2. The number of carbonyl (C=O) groups is 2. The number of aliphatic hydroxyl groups excluding tert-OH is 1. The van der Waals surface area contributed by atoms with E-state index in [-0.39, 0.29) is 6.79 Å². The van der Waals surface area contributed by atoms with Crippen LogP contribution in [0.3, 0.4) is 0 Å². The molecular weight excluding hydrogens is 439 g/mol. The molecule has 3 aliphatic heterocycles. The lowest BCUT2D eigenvalue weighted by atomic mass is 9.59. The quantitative estimate of drug-likeness (QED) is 0.530.